The van der Waals surface area contributed by atoms with Gasteiger partial charge in [0.2, 0.25) is 15.9 Å². The molecule has 0 saturated carbocycles. The molecule has 152 valence electrons. The van der Waals surface area contributed by atoms with Gasteiger partial charge in [-0.2, -0.15) is 4.31 Å². The Morgan fingerprint density at radius 2 is 2.11 bits per heavy atom. The summed E-state index contributed by atoms with van der Waals surface area (Å²) in [6.45, 7) is 7.16. The molecule has 1 fully saturated rings. The van der Waals surface area contributed by atoms with Crippen LogP contribution in [0.3, 0.4) is 0 Å². The van der Waals surface area contributed by atoms with E-state index >= 15 is 0 Å². The minimum Gasteiger partial charge on any atom is -0.496 e. The minimum absolute atomic E-state index is 0.130. The molecule has 27 heavy (non-hydrogen) atoms. The van der Waals surface area contributed by atoms with Crippen LogP contribution in [-0.2, 0) is 14.8 Å². The first-order valence-corrected chi connectivity index (χ1v) is 10.8. The first kappa shape index (κ1) is 21.7. The summed E-state index contributed by atoms with van der Waals surface area (Å²) in [5.74, 6) is 0.350. The van der Waals surface area contributed by atoms with Crippen LogP contribution in [0.2, 0.25) is 0 Å². The van der Waals surface area contributed by atoms with Gasteiger partial charge in [-0.15, -0.1) is 0 Å². The van der Waals surface area contributed by atoms with E-state index < -0.39 is 10.0 Å². The Labute approximate surface area is 162 Å². The number of ether oxygens (including phenoxy) is 1. The van der Waals surface area contributed by atoms with Crippen LogP contribution in [0.15, 0.2) is 17.0 Å². The number of rotatable bonds is 7. The molecule has 0 bridgehead atoms. The maximum atomic E-state index is 13.3. The Hall–Kier alpha value is -1.64. The van der Waals surface area contributed by atoms with Crippen molar-refractivity contribution in [2.75, 3.05) is 33.3 Å². The Morgan fingerprint density at radius 3 is 2.70 bits per heavy atom. The quantitative estimate of drug-likeness (QED) is 0.728. The van der Waals surface area contributed by atoms with E-state index in [4.69, 9.17) is 10.5 Å². The van der Waals surface area contributed by atoms with Crippen LogP contribution >= 0.6 is 0 Å². The Kier molecular flexibility index (Phi) is 7.25. The Bertz CT molecular complexity index is 777. The van der Waals surface area contributed by atoms with Crippen LogP contribution in [0.1, 0.15) is 43.7 Å². The maximum Gasteiger partial charge on any atom is 0.243 e. The van der Waals surface area contributed by atoms with E-state index in [1.54, 1.807) is 26.2 Å². The first-order chi connectivity index (χ1) is 12.7. The maximum absolute atomic E-state index is 13.3. The van der Waals surface area contributed by atoms with Gasteiger partial charge in [0.25, 0.3) is 0 Å². The van der Waals surface area contributed by atoms with E-state index in [2.05, 4.69) is 5.32 Å². The molecule has 8 heteroatoms. The number of nitrogens with two attached hydrogens (primary N) is 1. The number of methoxy groups -OCH3 is 1. The predicted octanol–water partition coefficient (Wildman–Crippen LogP) is 1.60. The molecule has 1 aliphatic heterocycles. The molecular weight excluding hydrogens is 366 g/mol. The normalized spacial score (nSPS) is 18.5. The fourth-order valence-electron chi connectivity index (χ4n) is 3.44. The number of amides is 1. The molecule has 3 N–H and O–H groups in total. The van der Waals surface area contributed by atoms with Crippen molar-refractivity contribution in [3.8, 4) is 5.75 Å². The van der Waals surface area contributed by atoms with Gasteiger partial charge in [-0.1, -0.05) is 13.8 Å². The highest BCUT2D eigenvalue weighted by molar-refractivity contribution is 7.89. The number of aryl methyl sites for hydroxylation is 1. The number of carbonyl (C=O) groups is 1. The average Bonchev–Trinajstić information content (AvgIpc) is 2.65. The number of benzene rings is 1. The number of carbonyl (C=O) groups excluding carboxylic acids is 1. The van der Waals surface area contributed by atoms with Crippen molar-refractivity contribution >= 4 is 15.9 Å². The number of hydrogen-bond donors (Lipinski definition) is 2. The van der Waals surface area contributed by atoms with Gasteiger partial charge in [-0.05, 0) is 48.9 Å². The largest absolute Gasteiger partial charge is 0.496 e. The molecule has 1 aromatic rings. The molecule has 0 aliphatic carbocycles. The summed E-state index contributed by atoms with van der Waals surface area (Å²) in [6, 6.07) is 3.49. The van der Waals surface area contributed by atoms with Crippen molar-refractivity contribution in [1.29, 1.82) is 0 Å². The van der Waals surface area contributed by atoms with E-state index in [0.717, 1.165) is 5.56 Å². The predicted molar refractivity (Wildman–Crippen MR) is 105 cm³/mol. The smallest absolute Gasteiger partial charge is 0.243 e. The van der Waals surface area contributed by atoms with Gasteiger partial charge in [-0.25, -0.2) is 8.42 Å². The Morgan fingerprint density at radius 1 is 1.41 bits per heavy atom. The number of hydrogen-bond acceptors (Lipinski definition) is 5. The summed E-state index contributed by atoms with van der Waals surface area (Å²) >= 11 is 0. The van der Waals surface area contributed by atoms with Crippen molar-refractivity contribution in [3.63, 3.8) is 0 Å². The van der Waals surface area contributed by atoms with Crippen molar-refractivity contribution in [1.82, 2.24) is 9.62 Å². The van der Waals surface area contributed by atoms with Gasteiger partial charge in [0, 0.05) is 26.2 Å². The van der Waals surface area contributed by atoms with Gasteiger partial charge < -0.3 is 15.8 Å². The van der Waals surface area contributed by atoms with Gasteiger partial charge in [0.15, 0.2) is 0 Å². The summed E-state index contributed by atoms with van der Waals surface area (Å²) in [7, 11) is -2.10. The lowest BCUT2D eigenvalue weighted by Gasteiger charge is -2.32. The van der Waals surface area contributed by atoms with E-state index in [1.165, 1.54) is 4.31 Å². The van der Waals surface area contributed by atoms with Crippen molar-refractivity contribution in [2.45, 2.75) is 44.4 Å². The number of nitrogens with one attached hydrogen (secondary N) is 1. The molecule has 0 radical (unpaired) electrons. The third kappa shape index (κ3) is 4.80. The summed E-state index contributed by atoms with van der Waals surface area (Å²) < 4.78 is 33.4. The zero-order valence-corrected chi connectivity index (χ0v) is 17.4. The van der Waals surface area contributed by atoms with E-state index in [0.29, 0.717) is 43.8 Å². The summed E-state index contributed by atoms with van der Waals surface area (Å²) in [6.07, 6.45) is 1.34. The molecule has 1 heterocycles. The second-order valence-electron chi connectivity index (χ2n) is 7.30. The molecule has 7 nitrogen and oxygen atoms in total. The molecule has 1 saturated heterocycles. The molecule has 0 aromatic heterocycles. The van der Waals surface area contributed by atoms with Crippen LogP contribution in [0.4, 0.5) is 0 Å². The fourth-order valence-corrected chi connectivity index (χ4v) is 5.20. The monoisotopic (exact) mass is 397 g/mol. The second-order valence-corrected chi connectivity index (χ2v) is 9.20. The lowest BCUT2D eigenvalue weighted by atomic mass is 9.99. The van der Waals surface area contributed by atoms with Crippen LogP contribution in [0, 0.1) is 12.8 Å². The lowest BCUT2D eigenvalue weighted by molar-refractivity contribution is -0.126. The topological polar surface area (TPSA) is 102 Å². The minimum atomic E-state index is -3.69. The standard InChI is InChI=1S/C19H31N3O4S/c1-13(2)16-11-18(14(3)10-17(16)26-4)27(24,25)22-9-5-6-15(12-22)19(23)21-8-7-20/h10-11,13,15H,5-9,12,20H2,1-4H3,(H,21,23). The van der Waals surface area contributed by atoms with E-state index in [-0.39, 0.29) is 29.2 Å². The molecular formula is C19H31N3O4S. The van der Waals surface area contributed by atoms with Gasteiger partial charge in [0.05, 0.1) is 17.9 Å². The Balaban J connectivity index is 2.32. The number of nitrogens with zero attached hydrogens (tertiary/aromatic N) is 1. The average molecular weight is 398 g/mol. The van der Waals surface area contributed by atoms with Gasteiger partial charge in [0.1, 0.15) is 5.75 Å². The molecule has 1 amide bonds. The summed E-state index contributed by atoms with van der Waals surface area (Å²) in [4.78, 5) is 12.5. The molecule has 0 spiro atoms. The van der Waals surface area contributed by atoms with Crippen LogP contribution in [0.25, 0.3) is 0 Å². The first-order valence-electron chi connectivity index (χ1n) is 9.38. The molecule has 1 unspecified atom stereocenters. The SMILES string of the molecule is COc1cc(C)c(S(=O)(=O)N2CCCC(C(=O)NCCN)C2)cc1C(C)C. The molecule has 1 atom stereocenters. The fraction of sp³-hybridized carbons (Fsp3) is 0.632. The summed E-state index contributed by atoms with van der Waals surface area (Å²) in [5, 5.41) is 2.76. The van der Waals surface area contributed by atoms with E-state index in [9.17, 15) is 13.2 Å². The second kappa shape index (κ2) is 9.03. The van der Waals surface area contributed by atoms with Crippen molar-refractivity contribution < 1.29 is 17.9 Å². The third-order valence-electron chi connectivity index (χ3n) is 4.97. The number of piperidine rings is 1. The van der Waals surface area contributed by atoms with E-state index in [1.807, 2.05) is 13.8 Å². The highest BCUT2D eigenvalue weighted by Crippen LogP contribution is 2.33. The number of sulfonamides is 1. The molecule has 1 aromatic carbocycles. The van der Waals surface area contributed by atoms with Crippen LogP contribution in [0.5, 0.6) is 5.75 Å². The molecule has 1 aliphatic rings. The third-order valence-corrected chi connectivity index (χ3v) is 6.97. The molecule has 2 rings (SSSR count). The van der Waals surface area contributed by atoms with Gasteiger partial charge in [-0.3, -0.25) is 4.79 Å². The zero-order chi connectivity index (χ0) is 20.2. The summed E-state index contributed by atoms with van der Waals surface area (Å²) in [5.41, 5.74) is 6.93. The lowest BCUT2D eigenvalue weighted by Crippen LogP contribution is -2.46. The van der Waals surface area contributed by atoms with Crippen LogP contribution < -0.4 is 15.8 Å². The highest BCUT2D eigenvalue weighted by atomic mass is 32.2. The van der Waals surface area contributed by atoms with Crippen molar-refractivity contribution in [2.24, 2.45) is 11.7 Å². The zero-order valence-electron chi connectivity index (χ0n) is 16.6. The van der Waals surface area contributed by atoms with Crippen LogP contribution in [-0.4, -0.2) is 51.9 Å². The van der Waals surface area contributed by atoms with Gasteiger partial charge >= 0.3 is 0 Å². The highest BCUT2D eigenvalue weighted by Gasteiger charge is 2.34. The van der Waals surface area contributed by atoms with Crippen molar-refractivity contribution in [3.05, 3.63) is 23.3 Å².